The van der Waals surface area contributed by atoms with Crippen LogP contribution in [-0.4, -0.2) is 14.3 Å². The SMILES string of the molecule is CCn1c2cc(C)oc2c2cnn(Cc3ccccc3F)c(=O)c21. The molecule has 0 atom stereocenters. The standard InChI is InChI=1S/C18H16FN3O2/c1-3-21-15-8-11(2)24-17(15)13-9-20-22(18(23)16(13)21)10-12-6-4-5-7-14(12)19/h4-9H,3,10H2,1-2H3. The third-order valence-corrected chi connectivity index (χ3v) is 4.25. The van der Waals surface area contributed by atoms with Crippen molar-refractivity contribution in [2.45, 2.75) is 26.9 Å². The zero-order valence-electron chi connectivity index (χ0n) is 13.4. The molecule has 4 aromatic rings. The maximum absolute atomic E-state index is 13.9. The molecule has 0 saturated carbocycles. The predicted molar refractivity (Wildman–Crippen MR) is 89.7 cm³/mol. The van der Waals surface area contributed by atoms with Crippen molar-refractivity contribution in [2.75, 3.05) is 0 Å². The fourth-order valence-electron chi connectivity index (χ4n) is 3.15. The third kappa shape index (κ3) is 2.06. The molecule has 0 fully saturated rings. The highest BCUT2D eigenvalue weighted by Gasteiger charge is 2.18. The first-order valence-electron chi connectivity index (χ1n) is 7.82. The van der Waals surface area contributed by atoms with Gasteiger partial charge in [-0.3, -0.25) is 4.79 Å². The number of rotatable bonds is 3. The van der Waals surface area contributed by atoms with E-state index < -0.39 is 0 Å². The Hall–Kier alpha value is -2.89. The summed E-state index contributed by atoms with van der Waals surface area (Å²) in [6, 6.07) is 8.31. The molecule has 24 heavy (non-hydrogen) atoms. The lowest BCUT2D eigenvalue weighted by Gasteiger charge is -2.07. The first-order chi connectivity index (χ1) is 11.6. The van der Waals surface area contributed by atoms with E-state index in [-0.39, 0.29) is 17.9 Å². The van der Waals surface area contributed by atoms with Gasteiger partial charge in [-0.05, 0) is 19.9 Å². The number of aryl methyl sites for hydroxylation is 2. The zero-order chi connectivity index (χ0) is 16.8. The largest absolute Gasteiger partial charge is 0.459 e. The molecule has 0 spiro atoms. The van der Waals surface area contributed by atoms with Crippen molar-refractivity contribution in [3.63, 3.8) is 0 Å². The van der Waals surface area contributed by atoms with Crippen molar-refractivity contribution in [2.24, 2.45) is 0 Å². The van der Waals surface area contributed by atoms with Gasteiger partial charge in [0.1, 0.15) is 17.1 Å². The van der Waals surface area contributed by atoms with E-state index in [2.05, 4.69) is 5.10 Å². The molecule has 0 aliphatic carbocycles. The zero-order valence-corrected chi connectivity index (χ0v) is 13.4. The van der Waals surface area contributed by atoms with Gasteiger partial charge in [-0.25, -0.2) is 9.07 Å². The molecule has 0 N–H and O–H groups in total. The van der Waals surface area contributed by atoms with E-state index in [1.165, 1.54) is 10.7 Å². The lowest BCUT2D eigenvalue weighted by atomic mass is 10.2. The molecule has 3 aromatic heterocycles. The van der Waals surface area contributed by atoms with E-state index in [4.69, 9.17) is 4.42 Å². The van der Waals surface area contributed by atoms with E-state index in [9.17, 15) is 9.18 Å². The molecule has 0 aliphatic heterocycles. The van der Waals surface area contributed by atoms with Crippen LogP contribution in [0.1, 0.15) is 18.2 Å². The summed E-state index contributed by atoms with van der Waals surface area (Å²) in [5, 5.41) is 4.90. The Balaban J connectivity index is 1.95. The highest BCUT2D eigenvalue weighted by molar-refractivity contribution is 6.04. The van der Waals surface area contributed by atoms with Gasteiger partial charge in [-0.2, -0.15) is 5.10 Å². The average molecular weight is 325 g/mol. The lowest BCUT2D eigenvalue weighted by Crippen LogP contribution is -2.25. The van der Waals surface area contributed by atoms with Gasteiger partial charge in [0, 0.05) is 18.2 Å². The fourth-order valence-corrected chi connectivity index (χ4v) is 3.15. The van der Waals surface area contributed by atoms with Crippen molar-refractivity contribution in [1.29, 1.82) is 0 Å². The van der Waals surface area contributed by atoms with Gasteiger partial charge in [0.05, 0.1) is 23.6 Å². The molecule has 4 rings (SSSR count). The van der Waals surface area contributed by atoms with Crippen LogP contribution in [0.2, 0.25) is 0 Å². The smallest absolute Gasteiger partial charge is 0.291 e. The molecule has 122 valence electrons. The van der Waals surface area contributed by atoms with Crippen molar-refractivity contribution in [1.82, 2.24) is 14.3 Å². The monoisotopic (exact) mass is 325 g/mol. The van der Waals surface area contributed by atoms with Gasteiger partial charge in [0.25, 0.3) is 5.56 Å². The van der Waals surface area contributed by atoms with Crippen LogP contribution in [0.5, 0.6) is 0 Å². The van der Waals surface area contributed by atoms with Crippen molar-refractivity contribution >= 4 is 22.0 Å². The van der Waals surface area contributed by atoms with Crippen LogP contribution in [0.25, 0.3) is 22.0 Å². The molecule has 0 saturated heterocycles. The van der Waals surface area contributed by atoms with Crippen LogP contribution >= 0.6 is 0 Å². The predicted octanol–water partition coefficient (Wildman–Crippen LogP) is 3.46. The minimum absolute atomic E-state index is 0.0940. The average Bonchev–Trinajstić information content (AvgIpc) is 3.07. The summed E-state index contributed by atoms with van der Waals surface area (Å²) in [5.74, 6) is 0.446. The van der Waals surface area contributed by atoms with Crippen LogP contribution in [0.4, 0.5) is 4.39 Å². The summed E-state index contributed by atoms with van der Waals surface area (Å²) in [6.07, 6.45) is 1.62. The van der Waals surface area contributed by atoms with Crippen molar-refractivity contribution in [3.8, 4) is 0 Å². The molecule has 0 radical (unpaired) electrons. The Bertz CT molecular complexity index is 1120. The van der Waals surface area contributed by atoms with Gasteiger partial charge >= 0.3 is 0 Å². The molecule has 1 aromatic carbocycles. The molecule has 6 heteroatoms. The molecule has 0 bridgehead atoms. The summed E-state index contributed by atoms with van der Waals surface area (Å²) in [5.41, 5.74) is 2.28. The second-order valence-corrected chi connectivity index (χ2v) is 5.78. The van der Waals surface area contributed by atoms with Gasteiger partial charge in [-0.1, -0.05) is 18.2 Å². The lowest BCUT2D eigenvalue weighted by molar-refractivity contribution is 0.572. The number of benzene rings is 1. The Labute approximate surface area is 136 Å². The maximum Gasteiger partial charge on any atom is 0.291 e. The number of nitrogens with zero attached hydrogens (tertiary/aromatic N) is 3. The van der Waals surface area contributed by atoms with E-state index in [1.807, 2.05) is 24.5 Å². The minimum atomic E-state index is -0.346. The Kier molecular flexibility index (Phi) is 3.26. The first-order valence-corrected chi connectivity index (χ1v) is 7.82. The van der Waals surface area contributed by atoms with Gasteiger partial charge in [0.15, 0.2) is 5.58 Å². The fraction of sp³-hybridized carbons (Fsp3) is 0.222. The van der Waals surface area contributed by atoms with Crippen LogP contribution in [0, 0.1) is 12.7 Å². The second kappa shape index (κ2) is 5.33. The highest BCUT2D eigenvalue weighted by Crippen LogP contribution is 2.29. The normalized spacial score (nSPS) is 11.6. The third-order valence-electron chi connectivity index (χ3n) is 4.25. The molecule has 5 nitrogen and oxygen atoms in total. The number of hydrogen-bond acceptors (Lipinski definition) is 3. The number of furan rings is 1. The number of halogens is 1. The summed E-state index contributed by atoms with van der Waals surface area (Å²) < 4.78 is 22.8. The van der Waals surface area contributed by atoms with Crippen molar-refractivity contribution in [3.05, 3.63) is 64.0 Å². The van der Waals surface area contributed by atoms with E-state index in [0.29, 0.717) is 28.6 Å². The van der Waals surface area contributed by atoms with Gasteiger partial charge in [-0.15, -0.1) is 0 Å². The van der Waals surface area contributed by atoms with Crippen LogP contribution in [0.3, 0.4) is 0 Å². The molecule has 0 unspecified atom stereocenters. The van der Waals surface area contributed by atoms with Crippen molar-refractivity contribution < 1.29 is 8.81 Å². The maximum atomic E-state index is 13.9. The Morgan fingerprint density at radius 2 is 2.08 bits per heavy atom. The number of fused-ring (bicyclic) bond motifs is 3. The molecule has 0 amide bonds. The van der Waals surface area contributed by atoms with E-state index in [0.717, 1.165) is 11.3 Å². The highest BCUT2D eigenvalue weighted by atomic mass is 19.1. The number of hydrogen-bond donors (Lipinski definition) is 0. The van der Waals surface area contributed by atoms with Gasteiger partial charge in [0.2, 0.25) is 0 Å². The summed E-state index contributed by atoms with van der Waals surface area (Å²) in [6.45, 7) is 4.58. The van der Waals surface area contributed by atoms with E-state index >= 15 is 0 Å². The minimum Gasteiger partial charge on any atom is -0.459 e. The Morgan fingerprint density at radius 3 is 2.83 bits per heavy atom. The molecule has 0 aliphatic rings. The summed E-state index contributed by atoms with van der Waals surface area (Å²) in [4.78, 5) is 12.9. The van der Waals surface area contributed by atoms with E-state index in [1.54, 1.807) is 24.4 Å². The van der Waals surface area contributed by atoms with Gasteiger partial charge < -0.3 is 8.98 Å². The number of aromatic nitrogens is 3. The Morgan fingerprint density at radius 1 is 1.29 bits per heavy atom. The van der Waals surface area contributed by atoms with Crippen LogP contribution in [-0.2, 0) is 13.1 Å². The van der Waals surface area contributed by atoms with Crippen LogP contribution in [0.15, 0.2) is 45.7 Å². The summed E-state index contributed by atoms with van der Waals surface area (Å²) in [7, 11) is 0. The van der Waals surface area contributed by atoms with Crippen LogP contribution < -0.4 is 5.56 Å². The molecule has 3 heterocycles. The summed E-state index contributed by atoms with van der Waals surface area (Å²) >= 11 is 0. The second-order valence-electron chi connectivity index (χ2n) is 5.78. The topological polar surface area (TPSA) is 53.0 Å². The first kappa shape index (κ1) is 14.7. The quantitative estimate of drug-likeness (QED) is 0.579. The molecular formula is C18H16FN3O2. The molecular weight excluding hydrogens is 309 g/mol.